The molecule has 0 unspecified atom stereocenters. The van der Waals surface area contributed by atoms with Gasteiger partial charge >= 0.3 is 5.97 Å². The molecular formula is C11H12ClNO2. The topological polar surface area (TPSA) is 42.2 Å². The third kappa shape index (κ3) is 2.30. The number of halogens is 1. The number of allylic oxidation sites excluding steroid dienone is 2. The van der Waals surface area contributed by atoms with Crippen LogP contribution >= 0.6 is 11.6 Å². The highest BCUT2D eigenvalue weighted by Gasteiger charge is 2.08. The summed E-state index contributed by atoms with van der Waals surface area (Å²) in [5.41, 5.74) is 0.201. The number of nitrogens with zero attached hydrogens (tertiary/aromatic N) is 1. The van der Waals surface area contributed by atoms with E-state index in [1.54, 1.807) is 25.3 Å². The van der Waals surface area contributed by atoms with Crippen LogP contribution in [0.3, 0.4) is 0 Å². The second-order valence-corrected chi connectivity index (χ2v) is 3.55. The van der Waals surface area contributed by atoms with E-state index in [9.17, 15) is 4.79 Å². The summed E-state index contributed by atoms with van der Waals surface area (Å²) in [6, 6.07) is 1.55. The number of carboxylic acid groups (broad SMARTS) is 1. The lowest BCUT2D eigenvalue weighted by atomic mass is 10.3. The molecule has 3 nitrogen and oxygen atoms in total. The van der Waals surface area contributed by atoms with Crippen LogP contribution < -0.4 is 10.6 Å². The van der Waals surface area contributed by atoms with Gasteiger partial charge in [0.2, 0.25) is 0 Å². The van der Waals surface area contributed by atoms with Crippen molar-refractivity contribution in [1.29, 1.82) is 0 Å². The zero-order valence-electron chi connectivity index (χ0n) is 8.62. The van der Waals surface area contributed by atoms with E-state index in [0.29, 0.717) is 10.4 Å². The number of aromatic carboxylic acids is 1. The van der Waals surface area contributed by atoms with Crippen molar-refractivity contribution in [3.05, 3.63) is 33.4 Å². The van der Waals surface area contributed by atoms with Crippen molar-refractivity contribution in [2.24, 2.45) is 7.05 Å². The van der Waals surface area contributed by atoms with Crippen molar-refractivity contribution in [2.75, 3.05) is 0 Å². The summed E-state index contributed by atoms with van der Waals surface area (Å²) in [7, 11) is 1.66. The van der Waals surface area contributed by atoms with Crippen molar-refractivity contribution < 1.29 is 9.90 Å². The molecule has 1 aromatic rings. The minimum Gasteiger partial charge on any atom is -0.477 e. The van der Waals surface area contributed by atoms with Gasteiger partial charge in [-0.25, -0.2) is 4.79 Å². The van der Waals surface area contributed by atoms with Gasteiger partial charge in [0.15, 0.2) is 0 Å². The fraction of sp³-hybridized carbons (Fsp3) is 0.182. The largest absolute Gasteiger partial charge is 0.477 e. The van der Waals surface area contributed by atoms with E-state index >= 15 is 0 Å². The molecule has 0 spiro atoms. The minimum absolute atomic E-state index is 0.201. The van der Waals surface area contributed by atoms with Crippen molar-refractivity contribution in [2.45, 2.75) is 6.92 Å². The summed E-state index contributed by atoms with van der Waals surface area (Å²) in [5.74, 6) is -0.973. The Bertz CT molecular complexity index is 526. The molecule has 1 rings (SSSR count). The first-order valence-corrected chi connectivity index (χ1v) is 4.76. The monoisotopic (exact) mass is 225 g/mol. The Hall–Kier alpha value is -1.48. The Morgan fingerprint density at radius 3 is 2.67 bits per heavy atom. The molecule has 4 heteroatoms. The maximum atomic E-state index is 10.8. The van der Waals surface area contributed by atoms with Crippen LogP contribution in [0.25, 0.3) is 12.7 Å². The first-order chi connectivity index (χ1) is 6.97. The van der Waals surface area contributed by atoms with Crippen LogP contribution in [0.1, 0.15) is 17.4 Å². The molecule has 1 N–H and O–H groups in total. The van der Waals surface area contributed by atoms with E-state index < -0.39 is 5.97 Å². The summed E-state index contributed by atoms with van der Waals surface area (Å²) in [5, 5.41) is 10.8. The second kappa shape index (κ2) is 4.36. The lowest BCUT2D eigenvalue weighted by molar-refractivity contribution is 0.0686. The van der Waals surface area contributed by atoms with E-state index in [-0.39, 0.29) is 5.69 Å². The van der Waals surface area contributed by atoms with Crippen molar-refractivity contribution >= 4 is 30.2 Å². The summed E-state index contributed by atoms with van der Waals surface area (Å²) in [6.07, 6.45) is 3.42. The Labute approximate surface area is 92.6 Å². The molecule has 0 aliphatic rings. The molecule has 0 fully saturated rings. The number of carboxylic acids is 1. The van der Waals surface area contributed by atoms with Crippen molar-refractivity contribution in [3.63, 3.8) is 0 Å². The fourth-order valence-corrected chi connectivity index (χ4v) is 1.35. The Balaban J connectivity index is 3.48. The van der Waals surface area contributed by atoms with Gasteiger partial charge < -0.3 is 9.67 Å². The number of carbonyl (C=O) groups is 1. The number of rotatable bonds is 2. The normalized spacial score (nSPS) is 13.3. The van der Waals surface area contributed by atoms with E-state index in [1.807, 2.05) is 6.92 Å². The zero-order chi connectivity index (χ0) is 11.6. The quantitative estimate of drug-likeness (QED) is 0.818. The first kappa shape index (κ1) is 11.6. The lowest BCUT2D eigenvalue weighted by Crippen LogP contribution is -2.26. The SMILES string of the molecule is C=c1/c(=C\C(Cl)=C/C)cc(C(=O)O)n1C. The molecule has 80 valence electrons. The molecule has 0 radical (unpaired) electrons. The van der Waals surface area contributed by atoms with Gasteiger partial charge in [0.25, 0.3) is 0 Å². The smallest absolute Gasteiger partial charge is 0.352 e. The van der Waals surface area contributed by atoms with Crippen LogP contribution in [0.4, 0.5) is 0 Å². The summed E-state index contributed by atoms with van der Waals surface area (Å²) in [6.45, 7) is 5.60. The Morgan fingerprint density at radius 2 is 2.27 bits per heavy atom. The van der Waals surface area contributed by atoms with Gasteiger partial charge in [-0.15, -0.1) is 0 Å². The molecule has 1 aromatic heterocycles. The fourth-order valence-electron chi connectivity index (χ4n) is 1.23. The van der Waals surface area contributed by atoms with Crippen LogP contribution in [0, 0.1) is 0 Å². The summed E-state index contributed by atoms with van der Waals surface area (Å²) in [4.78, 5) is 10.8. The molecule has 0 aliphatic carbocycles. The second-order valence-electron chi connectivity index (χ2n) is 3.11. The van der Waals surface area contributed by atoms with Crippen molar-refractivity contribution in [3.8, 4) is 0 Å². The molecule has 0 aliphatic heterocycles. The third-order valence-electron chi connectivity index (χ3n) is 2.18. The van der Waals surface area contributed by atoms with Crippen LogP contribution in [-0.4, -0.2) is 15.6 Å². The highest BCUT2D eigenvalue weighted by Crippen LogP contribution is 2.01. The molecule has 0 amide bonds. The lowest BCUT2D eigenvalue weighted by Gasteiger charge is -1.94. The van der Waals surface area contributed by atoms with E-state index in [1.165, 1.54) is 4.57 Å². The Kier molecular flexibility index (Phi) is 3.37. The predicted molar refractivity (Wildman–Crippen MR) is 61.2 cm³/mol. The number of hydrogen-bond donors (Lipinski definition) is 1. The van der Waals surface area contributed by atoms with Gasteiger partial charge in [0.05, 0.1) is 0 Å². The first-order valence-electron chi connectivity index (χ1n) is 4.39. The zero-order valence-corrected chi connectivity index (χ0v) is 9.38. The van der Waals surface area contributed by atoms with Crippen LogP contribution in [0.15, 0.2) is 17.2 Å². The highest BCUT2D eigenvalue weighted by molar-refractivity contribution is 6.33. The summed E-state index contributed by atoms with van der Waals surface area (Å²) >= 11 is 5.83. The van der Waals surface area contributed by atoms with Gasteiger partial charge in [0.1, 0.15) is 5.69 Å². The average Bonchev–Trinajstić information content (AvgIpc) is 2.46. The molecule has 0 saturated carbocycles. The summed E-state index contributed by atoms with van der Waals surface area (Å²) < 4.78 is 1.52. The van der Waals surface area contributed by atoms with E-state index in [2.05, 4.69) is 6.58 Å². The van der Waals surface area contributed by atoms with Gasteiger partial charge in [0, 0.05) is 22.6 Å². The standard InChI is InChI=1S/C11H12ClNO2/c1-4-9(12)5-8-6-10(11(14)15)13(3)7(8)2/h4-6H,2H2,1,3H3,(H,14,15)/b8-5-,9-4+. The molecule has 0 bridgehead atoms. The number of hydrogen-bond acceptors (Lipinski definition) is 1. The molecule has 0 atom stereocenters. The van der Waals surface area contributed by atoms with Crippen LogP contribution in [0.5, 0.6) is 0 Å². The van der Waals surface area contributed by atoms with Crippen LogP contribution in [0.2, 0.25) is 0 Å². The maximum Gasteiger partial charge on any atom is 0.352 e. The number of aromatic nitrogens is 1. The predicted octanol–water partition coefficient (Wildman–Crippen LogP) is 1.06. The van der Waals surface area contributed by atoms with Gasteiger partial charge in [-0.05, 0) is 19.1 Å². The molecule has 0 aromatic carbocycles. The Morgan fingerprint density at radius 1 is 1.67 bits per heavy atom. The molecule has 0 saturated heterocycles. The van der Waals surface area contributed by atoms with Gasteiger partial charge in [-0.3, -0.25) is 0 Å². The molecule has 15 heavy (non-hydrogen) atoms. The van der Waals surface area contributed by atoms with Crippen LogP contribution in [-0.2, 0) is 7.05 Å². The van der Waals surface area contributed by atoms with E-state index in [0.717, 1.165) is 5.22 Å². The third-order valence-corrected chi connectivity index (χ3v) is 2.51. The average molecular weight is 226 g/mol. The molecule has 1 heterocycles. The minimum atomic E-state index is -0.973. The maximum absolute atomic E-state index is 10.8. The van der Waals surface area contributed by atoms with Gasteiger partial charge in [-0.2, -0.15) is 0 Å². The highest BCUT2D eigenvalue weighted by atomic mass is 35.5. The van der Waals surface area contributed by atoms with E-state index in [4.69, 9.17) is 16.7 Å². The molecular weight excluding hydrogens is 214 g/mol. The van der Waals surface area contributed by atoms with Gasteiger partial charge in [-0.1, -0.05) is 24.3 Å². The van der Waals surface area contributed by atoms with Crippen molar-refractivity contribution in [1.82, 2.24) is 4.57 Å².